The minimum absolute atomic E-state index is 0.0119. The molecule has 1 aromatic carbocycles. The third-order valence-electron chi connectivity index (χ3n) is 2.47. The van der Waals surface area contributed by atoms with E-state index in [0.29, 0.717) is 12.1 Å². The van der Waals surface area contributed by atoms with E-state index in [-0.39, 0.29) is 17.9 Å². The molecule has 0 saturated heterocycles. The maximum absolute atomic E-state index is 12.9. The largest absolute Gasteiger partial charge is 0.489 e. The van der Waals surface area contributed by atoms with E-state index >= 15 is 0 Å². The van der Waals surface area contributed by atoms with Crippen LogP contribution in [0.3, 0.4) is 0 Å². The predicted molar refractivity (Wildman–Crippen MR) is 69.3 cm³/mol. The zero-order chi connectivity index (χ0) is 15.2. The second kappa shape index (κ2) is 6.96. The Morgan fingerprint density at radius 1 is 1.45 bits per heavy atom. The lowest BCUT2D eigenvalue weighted by molar-refractivity contribution is -0.138. The van der Waals surface area contributed by atoms with E-state index in [4.69, 9.17) is 10.00 Å². The lowest BCUT2D eigenvalue weighted by atomic mass is 10.1. The number of likely N-dealkylation sites (N-methyl/N-ethyl adjacent to an activating group) is 1. The van der Waals surface area contributed by atoms with E-state index in [0.717, 1.165) is 18.7 Å². The number of rotatable bonds is 6. The minimum Gasteiger partial charge on any atom is -0.489 e. The maximum Gasteiger partial charge on any atom is 0.420 e. The molecule has 3 nitrogen and oxygen atoms in total. The van der Waals surface area contributed by atoms with Crippen LogP contribution in [0.2, 0.25) is 0 Å². The van der Waals surface area contributed by atoms with Crippen molar-refractivity contribution in [2.45, 2.75) is 13.1 Å². The van der Waals surface area contributed by atoms with Gasteiger partial charge in [-0.1, -0.05) is 13.5 Å². The Kier molecular flexibility index (Phi) is 5.59. The SMILES string of the molecule is C=C(CNCC)COc1ccc(C#N)cc1C(F)(F)F. The molecule has 108 valence electrons. The van der Waals surface area contributed by atoms with Gasteiger partial charge in [-0.3, -0.25) is 0 Å². The molecule has 0 amide bonds. The van der Waals surface area contributed by atoms with Crippen molar-refractivity contribution in [1.82, 2.24) is 5.32 Å². The van der Waals surface area contributed by atoms with Crippen molar-refractivity contribution in [3.63, 3.8) is 0 Å². The summed E-state index contributed by atoms with van der Waals surface area (Å²) in [4.78, 5) is 0. The van der Waals surface area contributed by atoms with Crippen LogP contribution < -0.4 is 10.1 Å². The molecule has 0 radical (unpaired) electrons. The van der Waals surface area contributed by atoms with Gasteiger partial charge >= 0.3 is 6.18 Å². The smallest absolute Gasteiger partial charge is 0.420 e. The normalized spacial score (nSPS) is 10.9. The van der Waals surface area contributed by atoms with Crippen molar-refractivity contribution in [1.29, 1.82) is 5.26 Å². The van der Waals surface area contributed by atoms with E-state index in [1.54, 1.807) is 6.07 Å². The summed E-state index contributed by atoms with van der Waals surface area (Å²) in [5, 5.41) is 11.7. The molecule has 0 heterocycles. The summed E-state index contributed by atoms with van der Waals surface area (Å²) in [6.07, 6.45) is -4.56. The fourth-order valence-corrected chi connectivity index (χ4v) is 1.48. The number of alkyl halides is 3. The summed E-state index contributed by atoms with van der Waals surface area (Å²) in [5.74, 6) is -0.297. The first-order valence-corrected chi connectivity index (χ1v) is 6.00. The van der Waals surface area contributed by atoms with Gasteiger partial charge in [-0.2, -0.15) is 18.4 Å². The first-order valence-electron chi connectivity index (χ1n) is 6.00. The number of ether oxygens (including phenoxy) is 1. The highest BCUT2D eigenvalue weighted by Crippen LogP contribution is 2.36. The van der Waals surface area contributed by atoms with Gasteiger partial charge in [0.05, 0.1) is 17.2 Å². The van der Waals surface area contributed by atoms with Crippen LogP contribution in [0.4, 0.5) is 13.2 Å². The Labute approximate surface area is 115 Å². The lowest BCUT2D eigenvalue weighted by Crippen LogP contribution is -2.19. The average molecular weight is 284 g/mol. The molecule has 0 atom stereocenters. The van der Waals surface area contributed by atoms with Gasteiger partial charge in [-0.25, -0.2) is 0 Å². The van der Waals surface area contributed by atoms with Crippen LogP contribution in [0.1, 0.15) is 18.1 Å². The Balaban J connectivity index is 2.85. The fourth-order valence-electron chi connectivity index (χ4n) is 1.48. The van der Waals surface area contributed by atoms with Gasteiger partial charge in [0.1, 0.15) is 12.4 Å². The van der Waals surface area contributed by atoms with Crippen molar-refractivity contribution in [3.8, 4) is 11.8 Å². The second-order valence-electron chi connectivity index (χ2n) is 4.14. The van der Waals surface area contributed by atoms with E-state index in [1.165, 1.54) is 6.07 Å². The monoisotopic (exact) mass is 284 g/mol. The number of halogens is 3. The highest BCUT2D eigenvalue weighted by molar-refractivity contribution is 5.43. The van der Waals surface area contributed by atoms with Crippen LogP contribution >= 0.6 is 0 Å². The van der Waals surface area contributed by atoms with Gasteiger partial charge in [0, 0.05) is 6.54 Å². The van der Waals surface area contributed by atoms with Crippen LogP contribution in [0.15, 0.2) is 30.4 Å². The summed E-state index contributed by atoms with van der Waals surface area (Å²) in [5.41, 5.74) is -0.367. The van der Waals surface area contributed by atoms with Gasteiger partial charge in [0.2, 0.25) is 0 Å². The molecule has 0 unspecified atom stereocenters. The summed E-state index contributed by atoms with van der Waals surface area (Å²) in [6.45, 7) is 6.83. The van der Waals surface area contributed by atoms with Crippen molar-refractivity contribution >= 4 is 0 Å². The molecule has 1 N–H and O–H groups in total. The fraction of sp³-hybridized carbons (Fsp3) is 0.357. The van der Waals surface area contributed by atoms with Crippen molar-refractivity contribution < 1.29 is 17.9 Å². The molecule has 1 rings (SSSR count). The Morgan fingerprint density at radius 3 is 2.70 bits per heavy atom. The quantitative estimate of drug-likeness (QED) is 0.816. The zero-order valence-corrected chi connectivity index (χ0v) is 11.0. The molecule has 20 heavy (non-hydrogen) atoms. The van der Waals surface area contributed by atoms with Crippen LogP contribution in [0.5, 0.6) is 5.75 Å². The summed E-state index contributed by atoms with van der Waals surface area (Å²) >= 11 is 0. The summed E-state index contributed by atoms with van der Waals surface area (Å²) < 4.78 is 43.8. The minimum atomic E-state index is -4.56. The number of nitrogens with one attached hydrogen (secondary N) is 1. The maximum atomic E-state index is 12.9. The second-order valence-corrected chi connectivity index (χ2v) is 4.14. The predicted octanol–water partition coefficient (Wildman–Crippen LogP) is 3.12. The highest BCUT2D eigenvalue weighted by Gasteiger charge is 2.34. The van der Waals surface area contributed by atoms with E-state index in [2.05, 4.69) is 11.9 Å². The number of hydrogen-bond acceptors (Lipinski definition) is 3. The van der Waals surface area contributed by atoms with E-state index in [1.807, 2.05) is 6.92 Å². The molecule has 0 aliphatic carbocycles. The molecule has 0 aromatic heterocycles. The van der Waals surface area contributed by atoms with Gasteiger partial charge < -0.3 is 10.1 Å². The third kappa shape index (κ3) is 4.59. The Hall–Kier alpha value is -2.00. The molecular formula is C14H15F3N2O. The van der Waals surface area contributed by atoms with Crippen LogP contribution in [-0.2, 0) is 6.18 Å². The van der Waals surface area contributed by atoms with Crippen LogP contribution in [-0.4, -0.2) is 19.7 Å². The van der Waals surface area contributed by atoms with Crippen molar-refractivity contribution in [2.24, 2.45) is 0 Å². The average Bonchev–Trinajstić information content (AvgIpc) is 2.41. The first kappa shape index (κ1) is 16.1. The van der Waals surface area contributed by atoms with Crippen LogP contribution in [0, 0.1) is 11.3 Å². The molecular weight excluding hydrogens is 269 g/mol. The first-order chi connectivity index (χ1) is 9.38. The number of benzene rings is 1. The number of nitriles is 1. The van der Waals surface area contributed by atoms with Crippen LogP contribution in [0.25, 0.3) is 0 Å². The van der Waals surface area contributed by atoms with Gasteiger partial charge in [-0.15, -0.1) is 0 Å². The molecule has 6 heteroatoms. The van der Waals surface area contributed by atoms with E-state index < -0.39 is 11.7 Å². The number of nitrogens with zero attached hydrogens (tertiary/aromatic N) is 1. The van der Waals surface area contributed by atoms with E-state index in [9.17, 15) is 13.2 Å². The molecule has 0 spiro atoms. The molecule has 0 aliphatic rings. The lowest BCUT2D eigenvalue weighted by Gasteiger charge is -2.15. The highest BCUT2D eigenvalue weighted by atomic mass is 19.4. The third-order valence-corrected chi connectivity index (χ3v) is 2.47. The van der Waals surface area contributed by atoms with Gasteiger partial charge in [0.15, 0.2) is 0 Å². The standard InChI is InChI=1S/C14H15F3N2O/c1-3-19-8-10(2)9-20-13-5-4-11(7-18)6-12(13)14(15,16)17/h4-6,19H,2-3,8-9H2,1H3. The molecule has 0 saturated carbocycles. The van der Waals surface area contributed by atoms with Crippen molar-refractivity contribution in [2.75, 3.05) is 19.7 Å². The van der Waals surface area contributed by atoms with Gasteiger partial charge in [-0.05, 0) is 30.3 Å². The molecule has 1 aromatic rings. The van der Waals surface area contributed by atoms with Gasteiger partial charge in [0.25, 0.3) is 0 Å². The number of hydrogen-bond donors (Lipinski definition) is 1. The summed E-state index contributed by atoms with van der Waals surface area (Å²) in [7, 11) is 0. The topological polar surface area (TPSA) is 45.0 Å². The Bertz CT molecular complexity index is 518. The molecule has 0 fully saturated rings. The zero-order valence-electron chi connectivity index (χ0n) is 11.0. The Morgan fingerprint density at radius 2 is 2.15 bits per heavy atom. The molecule has 0 aliphatic heterocycles. The summed E-state index contributed by atoms with van der Waals surface area (Å²) in [6, 6.07) is 4.90. The molecule has 0 bridgehead atoms. The van der Waals surface area contributed by atoms with Crippen molar-refractivity contribution in [3.05, 3.63) is 41.5 Å².